The Morgan fingerprint density at radius 3 is 2.54 bits per heavy atom. The van der Waals surface area contributed by atoms with Crippen LogP contribution in [0, 0.1) is 13.8 Å². The van der Waals surface area contributed by atoms with Crippen molar-refractivity contribution in [1.82, 2.24) is 5.32 Å². The number of aryl methyl sites for hydroxylation is 1. The van der Waals surface area contributed by atoms with Crippen LogP contribution < -0.4 is 11.1 Å². The van der Waals surface area contributed by atoms with Crippen LogP contribution in [0.1, 0.15) is 21.5 Å². The zero-order valence-electron chi connectivity index (χ0n) is 8.14. The third-order valence-corrected chi connectivity index (χ3v) is 2.22. The third kappa shape index (κ3) is 1.64. The van der Waals surface area contributed by atoms with Gasteiger partial charge in [0.2, 0.25) is 0 Å². The largest absolute Gasteiger partial charge is 0.398 e. The third-order valence-electron chi connectivity index (χ3n) is 2.22. The molecule has 0 aliphatic heterocycles. The molecule has 0 aliphatic carbocycles. The Balaban J connectivity index is 3.33. The molecule has 0 saturated heterocycles. The zero-order valence-corrected chi connectivity index (χ0v) is 8.14. The molecule has 1 aromatic rings. The van der Waals surface area contributed by atoms with E-state index < -0.39 is 0 Å². The van der Waals surface area contributed by atoms with E-state index in [1.165, 1.54) is 0 Å². The van der Waals surface area contributed by atoms with Crippen molar-refractivity contribution in [3.63, 3.8) is 0 Å². The number of nitrogen functional groups attached to an aromatic ring is 1. The van der Waals surface area contributed by atoms with Crippen molar-refractivity contribution in [2.45, 2.75) is 13.8 Å². The molecular weight excluding hydrogens is 164 g/mol. The van der Waals surface area contributed by atoms with E-state index in [1.807, 2.05) is 19.9 Å². The maximum Gasteiger partial charge on any atom is 0.253 e. The number of carbonyl (C=O) groups excluding carboxylic acids is 1. The maximum atomic E-state index is 11.4. The summed E-state index contributed by atoms with van der Waals surface area (Å²) in [6.07, 6.45) is 0. The molecule has 0 fully saturated rings. The molecule has 3 N–H and O–H groups in total. The lowest BCUT2D eigenvalue weighted by Crippen LogP contribution is -2.20. The molecule has 0 aromatic heterocycles. The monoisotopic (exact) mass is 178 g/mol. The quantitative estimate of drug-likeness (QED) is 0.636. The summed E-state index contributed by atoms with van der Waals surface area (Å²) in [6, 6.07) is 3.67. The van der Waals surface area contributed by atoms with Gasteiger partial charge in [0, 0.05) is 12.7 Å². The average molecular weight is 178 g/mol. The second-order valence-electron chi connectivity index (χ2n) is 3.05. The molecule has 0 aliphatic rings. The Labute approximate surface area is 77.9 Å². The van der Waals surface area contributed by atoms with Crippen LogP contribution in [0.5, 0.6) is 0 Å². The fourth-order valence-corrected chi connectivity index (χ4v) is 1.26. The summed E-state index contributed by atoms with van der Waals surface area (Å²) >= 11 is 0. The van der Waals surface area contributed by atoms with Crippen molar-refractivity contribution < 1.29 is 4.79 Å². The lowest BCUT2D eigenvalue weighted by atomic mass is 10.0. The van der Waals surface area contributed by atoms with Gasteiger partial charge in [0.1, 0.15) is 0 Å². The highest BCUT2D eigenvalue weighted by atomic mass is 16.1. The molecule has 1 amide bonds. The number of benzene rings is 1. The smallest absolute Gasteiger partial charge is 0.253 e. The molecule has 0 bridgehead atoms. The fourth-order valence-electron chi connectivity index (χ4n) is 1.26. The van der Waals surface area contributed by atoms with Crippen molar-refractivity contribution in [3.8, 4) is 0 Å². The van der Waals surface area contributed by atoms with Gasteiger partial charge < -0.3 is 11.1 Å². The summed E-state index contributed by atoms with van der Waals surface area (Å²) in [6.45, 7) is 3.86. The zero-order chi connectivity index (χ0) is 10.0. The molecule has 3 heteroatoms. The molecule has 0 atom stereocenters. The Kier molecular flexibility index (Phi) is 2.56. The van der Waals surface area contributed by atoms with E-state index in [0.29, 0.717) is 11.3 Å². The Morgan fingerprint density at radius 2 is 2.00 bits per heavy atom. The number of nitrogens with one attached hydrogen (secondary N) is 1. The lowest BCUT2D eigenvalue weighted by molar-refractivity contribution is 0.0963. The topological polar surface area (TPSA) is 55.1 Å². The van der Waals surface area contributed by atoms with Crippen molar-refractivity contribution >= 4 is 11.6 Å². The number of nitrogens with two attached hydrogens (primary N) is 1. The van der Waals surface area contributed by atoms with Gasteiger partial charge in [0.05, 0.1) is 5.56 Å². The fraction of sp³-hybridized carbons (Fsp3) is 0.300. The molecule has 3 nitrogen and oxygen atoms in total. The molecule has 0 spiro atoms. The van der Waals surface area contributed by atoms with Crippen molar-refractivity contribution in [3.05, 3.63) is 28.8 Å². The summed E-state index contributed by atoms with van der Waals surface area (Å²) in [4.78, 5) is 11.4. The Hall–Kier alpha value is -1.51. The van der Waals surface area contributed by atoms with Crippen LogP contribution in [0.3, 0.4) is 0 Å². The molecule has 0 unspecified atom stereocenters. The van der Waals surface area contributed by atoms with E-state index in [0.717, 1.165) is 11.1 Å². The van der Waals surface area contributed by atoms with Crippen LogP contribution in [0.4, 0.5) is 5.69 Å². The molecule has 1 aromatic carbocycles. The first-order valence-electron chi connectivity index (χ1n) is 4.15. The number of amides is 1. The lowest BCUT2D eigenvalue weighted by Gasteiger charge is -2.09. The highest BCUT2D eigenvalue weighted by molar-refractivity contribution is 6.00. The van der Waals surface area contributed by atoms with Crippen LogP contribution in [-0.4, -0.2) is 13.0 Å². The minimum atomic E-state index is -0.126. The molecule has 13 heavy (non-hydrogen) atoms. The van der Waals surface area contributed by atoms with E-state index in [1.54, 1.807) is 13.1 Å². The maximum absolute atomic E-state index is 11.4. The van der Waals surface area contributed by atoms with E-state index in [2.05, 4.69) is 5.32 Å². The van der Waals surface area contributed by atoms with Gasteiger partial charge in [-0.2, -0.15) is 0 Å². The van der Waals surface area contributed by atoms with Crippen molar-refractivity contribution in [2.75, 3.05) is 12.8 Å². The molecule has 0 saturated carbocycles. The predicted molar refractivity (Wildman–Crippen MR) is 53.7 cm³/mol. The summed E-state index contributed by atoms with van der Waals surface area (Å²) in [5.41, 5.74) is 8.84. The van der Waals surface area contributed by atoms with Gasteiger partial charge in [0.15, 0.2) is 0 Å². The first kappa shape index (κ1) is 9.58. The Morgan fingerprint density at radius 1 is 1.38 bits per heavy atom. The van der Waals surface area contributed by atoms with Crippen LogP contribution in [-0.2, 0) is 0 Å². The SMILES string of the molecule is CNC(=O)c1c(N)ccc(C)c1C. The number of rotatable bonds is 1. The second kappa shape index (κ2) is 3.47. The van der Waals surface area contributed by atoms with E-state index in [9.17, 15) is 4.79 Å². The highest BCUT2D eigenvalue weighted by Gasteiger charge is 2.11. The van der Waals surface area contributed by atoms with E-state index in [-0.39, 0.29) is 5.91 Å². The normalized spacial score (nSPS) is 9.77. The number of hydrogen-bond acceptors (Lipinski definition) is 2. The highest BCUT2D eigenvalue weighted by Crippen LogP contribution is 2.19. The first-order chi connectivity index (χ1) is 6.07. The average Bonchev–Trinajstić information content (AvgIpc) is 2.12. The summed E-state index contributed by atoms with van der Waals surface area (Å²) < 4.78 is 0. The van der Waals surface area contributed by atoms with Gasteiger partial charge >= 0.3 is 0 Å². The standard InChI is InChI=1S/C10H14N2O/c1-6-4-5-8(11)9(7(6)2)10(13)12-3/h4-5H,11H2,1-3H3,(H,12,13). The van der Waals surface area contributed by atoms with Gasteiger partial charge in [-0.05, 0) is 31.0 Å². The number of hydrogen-bond donors (Lipinski definition) is 2. The van der Waals surface area contributed by atoms with Crippen LogP contribution in [0.15, 0.2) is 12.1 Å². The number of anilines is 1. The molecule has 70 valence electrons. The summed E-state index contributed by atoms with van der Waals surface area (Å²) in [5, 5.41) is 2.57. The van der Waals surface area contributed by atoms with Crippen molar-refractivity contribution in [2.24, 2.45) is 0 Å². The summed E-state index contributed by atoms with van der Waals surface area (Å²) in [5.74, 6) is -0.126. The van der Waals surface area contributed by atoms with Gasteiger partial charge in [-0.3, -0.25) is 4.79 Å². The predicted octanol–water partition coefficient (Wildman–Crippen LogP) is 1.25. The summed E-state index contributed by atoms with van der Waals surface area (Å²) in [7, 11) is 1.60. The molecule has 1 rings (SSSR count). The first-order valence-corrected chi connectivity index (χ1v) is 4.15. The van der Waals surface area contributed by atoms with Gasteiger partial charge in [-0.1, -0.05) is 6.07 Å². The van der Waals surface area contributed by atoms with E-state index >= 15 is 0 Å². The molecule has 0 radical (unpaired) electrons. The minimum absolute atomic E-state index is 0.126. The second-order valence-corrected chi connectivity index (χ2v) is 3.05. The molecular formula is C10H14N2O. The Bertz CT molecular complexity index is 345. The van der Waals surface area contributed by atoms with Crippen LogP contribution >= 0.6 is 0 Å². The van der Waals surface area contributed by atoms with Crippen molar-refractivity contribution in [1.29, 1.82) is 0 Å². The van der Waals surface area contributed by atoms with E-state index in [4.69, 9.17) is 5.73 Å². The van der Waals surface area contributed by atoms with Gasteiger partial charge in [-0.25, -0.2) is 0 Å². The van der Waals surface area contributed by atoms with Crippen LogP contribution in [0.2, 0.25) is 0 Å². The van der Waals surface area contributed by atoms with Gasteiger partial charge in [0.25, 0.3) is 5.91 Å². The van der Waals surface area contributed by atoms with Crippen LogP contribution in [0.25, 0.3) is 0 Å². The minimum Gasteiger partial charge on any atom is -0.398 e. The molecule has 0 heterocycles. The number of carbonyl (C=O) groups is 1. The van der Waals surface area contributed by atoms with Gasteiger partial charge in [-0.15, -0.1) is 0 Å².